The zero-order chi connectivity index (χ0) is 18.6. The van der Waals surface area contributed by atoms with Crippen molar-refractivity contribution in [3.05, 3.63) is 48.3 Å². The zero-order valence-electron chi connectivity index (χ0n) is 16.3. The number of aromatic nitrogens is 3. The Bertz CT molecular complexity index is 985. The maximum absolute atomic E-state index is 4.88. The van der Waals surface area contributed by atoms with Crippen LogP contribution in [0, 0.1) is 5.41 Å². The van der Waals surface area contributed by atoms with Crippen LogP contribution >= 0.6 is 0 Å². The second kappa shape index (κ2) is 5.80. The predicted molar refractivity (Wildman–Crippen MR) is 109 cm³/mol. The van der Waals surface area contributed by atoms with Gasteiger partial charge in [0.2, 0.25) is 0 Å². The third-order valence-electron chi connectivity index (χ3n) is 6.09. The van der Waals surface area contributed by atoms with Gasteiger partial charge in [-0.2, -0.15) is 0 Å². The van der Waals surface area contributed by atoms with E-state index in [1.807, 2.05) is 6.20 Å². The Morgan fingerprint density at radius 1 is 1.15 bits per heavy atom. The molecule has 1 saturated heterocycles. The van der Waals surface area contributed by atoms with Gasteiger partial charge in [-0.05, 0) is 47.4 Å². The van der Waals surface area contributed by atoms with Gasteiger partial charge in [-0.15, -0.1) is 0 Å². The number of hydrogen-bond acceptors (Lipinski definition) is 4. The molecular weight excluding hydrogens is 334 g/mol. The van der Waals surface area contributed by atoms with E-state index in [0.717, 1.165) is 22.9 Å². The summed E-state index contributed by atoms with van der Waals surface area (Å²) >= 11 is 0. The summed E-state index contributed by atoms with van der Waals surface area (Å²) in [6.45, 7) is 9.05. The maximum Gasteiger partial charge on any atom is 0.137 e. The predicted octanol–water partition coefficient (Wildman–Crippen LogP) is 3.86. The van der Waals surface area contributed by atoms with Crippen LogP contribution in [0.2, 0.25) is 0 Å². The van der Waals surface area contributed by atoms with Crippen LogP contribution in [0.5, 0.6) is 0 Å². The van der Waals surface area contributed by atoms with Crippen LogP contribution in [0.1, 0.15) is 39.2 Å². The molecule has 2 N–H and O–H groups in total. The molecule has 0 radical (unpaired) electrons. The highest BCUT2D eigenvalue weighted by atomic mass is 15.1. The standard InChI is InChI=1S/C22H27N5/c1-21(2,3)15-7-8-20-24-11-18(27(20)12-15)17-5-4-6-19(26-17)25-16-9-22(10-16)13-23-14-22/h4-8,11-12,16,23H,9-10,13-14H2,1-3H3,(H,25,26). The lowest BCUT2D eigenvalue weighted by Gasteiger charge is -2.54. The van der Waals surface area contributed by atoms with Crippen molar-refractivity contribution in [2.45, 2.75) is 45.1 Å². The van der Waals surface area contributed by atoms with Gasteiger partial charge >= 0.3 is 0 Å². The molecule has 0 unspecified atom stereocenters. The van der Waals surface area contributed by atoms with Crippen LogP contribution in [0.4, 0.5) is 5.82 Å². The van der Waals surface area contributed by atoms with Gasteiger partial charge < -0.3 is 10.6 Å². The highest BCUT2D eigenvalue weighted by Gasteiger charge is 2.48. The molecule has 3 aromatic rings. The Labute approximate surface area is 160 Å². The van der Waals surface area contributed by atoms with E-state index >= 15 is 0 Å². The molecule has 0 bridgehead atoms. The van der Waals surface area contributed by atoms with Crippen molar-refractivity contribution in [2.24, 2.45) is 5.41 Å². The van der Waals surface area contributed by atoms with Gasteiger partial charge in [0.1, 0.15) is 11.5 Å². The Morgan fingerprint density at radius 3 is 2.67 bits per heavy atom. The van der Waals surface area contributed by atoms with Crippen molar-refractivity contribution >= 4 is 11.5 Å². The van der Waals surface area contributed by atoms with E-state index in [4.69, 9.17) is 4.98 Å². The van der Waals surface area contributed by atoms with E-state index in [1.54, 1.807) is 0 Å². The summed E-state index contributed by atoms with van der Waals surface area (Å²) in [5.41, 5.74) is 4.91. The molecule has 0 atom stereocenters. The third-order valence-corrected chi connectivity index (χ3v) is 6.09. The highest BCUT2D eigenvalue weighted by molar-refractivity contribution is 5.62. The van der Waals surface area contributed by atoms with Crippen molar-refractivity contribution in [1.29, 1.82) is 0 Å². The molecule has 1 aliphatic carbocycles. The minimum absolute atomic E-state index is 0.100. The number of nitrogens with zero attached hydrogens (tertiary/aromatic N) is 3. The Morgan fingerprint density at radius 2 is 1.96 bits per heavy atom. The van der Waals surface area contributed by atoms with Gasteiger partial charge in [-0.3, -0.25) is 4.40 Å². The molecule has 1 aliphatic heterocycles. The first kappa shape index (κ1) is 16.8. The average Bonchev–Trinajstić information content (AvgIpc) is 2.98. The summed E-state index contributed by atoms with van der Waals surface area (Å²) < 4.78 is 2.16. The van der Waals surface area contributed by atoms with Crippen molar-refractivity contribution in [3.8, 4) is 11.4 Å². The van der Waals surface area contributed by atoms with Crippen LogP contribution in [0.15, 0.2) is 42.7 Å². The highest BCUT2D eigenvalue weighted by Crippen LogP contribution is 2.45. The summed E-state index contributed by atoms with van der Waals surface area (Å²) in [5, 5.41) is 7.01. The first-order valence-corrected chi connectivity index (χ1v) is 9.84. The molecule has 0 amide bonds. The second-order valence-corrected chi connectivity index (χ2v) is 9.30. The summed E-state index contributed by atoms with van der Waals surface area (Å²) in [6.07, 6.45) is 6.61. The molecular formula is C22H27N5. The lowest BCUT2D eigenvalue weighted by atomic mass is 9.62. The van der Waals surface area contributed by atoms with Crippen LogP contribution in [-0.4, -0.2) is 33.5 Å². The molecule has 5 nitrogen and oxygen atoms in total. The van der Waals surface area contributed by atoms with Gasteiger partial charge in [0.25, 0.3) is 0 Å². The van der Waals surface area contributed by atoms with Crippen molar-refractivity contribution in [2.75, 3.05) is 18.4 Å². The molecule has 1 spiro atoms. The number of hydrogen-bond donors (Lipinski definition) is 2. The minimum Gasteiger partial charge on any atom is -0.367 e. The van der Waals surface area contributed by atoms with Crippen molar-refractivity contribution < 1.29 is 0 Å². The number of nitrogens with one attached hydrogen (secondary N) is 2. The second-order valence-electron chi connectivity index (χ2n) is 9.30. The Balaban J connectivity index is 1.43. The van der Waals surface area contributed by atoms with Gasteiger partial charge in [0, 0.05) is 25.3 Å². The fourth-order valence-electron chi connectivity index (χ4n) is 4.34. The third kappa shape index (κ3) is 2.90. The minimum atomic E-state index is 0.100. The van der Waals surface area contributed by atoms with Gasteiger partial charge in [0.05, 0.1) is 17.6 Å². The Hall–Kier alpha value is -2.40. The van der Waals surface area contributed by atoms with Gasteiger partial charge in [-0.1, -0.05) is 32.9 Å². The van der Waals surface area contributed by atoms with E-state index in [9.17, 15) is 0 Å². The molecule has 4 heterocycles. The van der Waals surface area contributed by atoms with Crippen LogP contribution in [0.25, 0.3) is 17.0 Å². The molecule has 2 aliphatic rings. The number of imidazole rings is 1. The maximum atomic E-state index is 4.88. The Kier molecular flexibility index (Phi) is 3.60. The summed E-state index contributed by atoms with van der Waals surface area (Å²) in [4.78, 5) is 9.45. The fraction of sp³-hybridized carbons (Fsp3) is 0.455. The van der Waals surface area contributed by atoms with Crippen LogP contribution in [-0.2, 0) is 5.41 Å². The van der Waals surface area contributed by atoms with E-state index in [0.29, 0.717) is 11.5 Å². The van der Waals surface area contributed by atoms with E-state index in [-0.39, 0.29) is 5.41 Å². The first-order chi connectivity index (χ1) is 12.9. The molecule has 3 aromatic heterocycles. The summed E-state index contributed by atoms with van der Waals surface area (Å²) in [5.74, 6) is 0.960. The topological polar surface area (TPSA) is 54.2 Å². The van der Waals surface area contributed by atoms with Crippen LogP contribution in [0.3, 0.4) is 0 Å². The fourth-order valence-corrected chi connectivity index (χ4v) is 4.34. The molecule has 2 fully saturated rings. The lowest BCUT2D eigenvalue weighted by Crippen LogP contribution is -2.63. The van der Waals surface area contributed by atoms with E-state index in [1.165, 1.54) is 31.5 Å². The van der Waals surface area contributed by atoms with Crippen molar-refractivity contribution in [1.82, 2.24) is 19.7 Å². The number of fused-ring (bicyclic) bond motifs is 1. The normalized spacial score (nSPS) is 19.1. The number of rotatable bonds is 3. The molecule has 140 valence electrons. The van der Waals surface area contributed by atoms with Crippen LogP contribution < -0.4 is 10.6 Å². The van der Waals surface area contributed by atoms with Gasteiger partial charge in [-0.25, -0.2) is 9.97 Å². The molecule has 5 rings (SSSR count). The molecule has 0 aromatic carbocycles. The van der Waals surface area contributed by atoms with E-state index in [2.05, 4.69) is 77.3 Å². The van der Waals surface area contributed by atoms with Crippen molar-refractivity contribution in [3.63, 3.8) is 0 Å². The zero-order valence-corrected chi connectivity index (χ0v) is 16.3. The quantitative estimate of drug-likeness (QED) is 0.744. The lowest BCUT2D eigenvalue weighted by molar-refractivity contribution is 0.0469. The molecule has 5 heteroatoms. The largest absolute Gasteiger partial charge is 0.367 e. The number of anilines is 1. The SMILES string of the molecule is CC(C)(C)c1ccc2ncc(-c3cccc(NC4CC5(CNC5)C4)n3)n2c1. The summed E-state index contributed by atoms with van der Waals surface area (Å²) in [7, 11) is 0. The summed E-state index contributed by atoms with van der Waals surface area (Å²) in [6, 6.07) is 11.0. The number of pyridine rings is 2. The smallest absolute Gasteiger partial charge is 0.137 e. The monoisotopic (exact) mass is 361 g/mol. The van der Waals surface area contributed by atoms with E-state index < -0.39 is 0 Å². The molecule has 27 heavy (non-hydrogen) atoms. The average molecular weight is 361 g/mol. The molecule has 1 saturated carbocycles. The van der Waals surface area contributed by atoms with Gasteiger partial charge in [0.15, 0.2) is 0 Å². The first-order valence-electron chi connectivity index (χ1n) is 9.84.